The number of rotatable bonds is 3. The Balaban J connectivity index is 2.43. The summed E-state index contributed by atoms with van der Waals surface area (Å²) in [5.41, 5.74) is 7.57. The van der Waals surface area contributed by atoms with Gasteiger partial charge in [0.1, 0.15) is 5.82 Å². The Morgan fingerprint density at radius 2 is 2.00 bits per heavy atom. The zero-order valence-corrected chi connectivity index (χ0v) is 9.84. The van der Waals surface area contributed by atoms with Crippen LogP contribution >= 0.6 is 0 Å². The number of imidazole rings is 1. The summed E-state index contributed by atoms with van der Waals surface area (Å²) in [6.07, 6.45) is 6.08. The van der Waals surface area contributed by atoms with Crippen LogP contribution in [0.2, 0.25) is 0 Å². The van der Waals surface area contributed by atoms with Crippen LogP contribution in [0.15, 0.2) is 31.0 Å². The second-order valence-electron chi connectivity index (χ2n) is 4.32. The summed E-state index contributed by atoms with van der Waals surface area (Å²) in [6, 6.07) is 1.27. The highest BCUT2D eigenvalue weighted by Crippen LogP contribution is 2.21. The lowest BCUT2D eigenvalue weighted by Gasteiger charge is -2.17. The van der Waals surface area contributed by atoms with Crippen LogP contribution in [0.25, 0.3) is 5.69 Å². The Morgan fingerprint density at radius 3 is 2.65 bits per heavy atom. The van der Waals surface area contributed by atoms with Crippen LogP contribution < -0.4 is 5.73 Å². The first-order chi connectivity index (χ1) is 8.09. The number of aromatic nitrogens is 3. The summed E-state index contributed by atoms with van der Waals surface area (Å²) >= 11 is 0. The second-order valence-corrected chi connectivity index (χ2v) is 4.32. The predicted molar refractivity (Wildman–Crippen MR) is 63.1 cm³/mol. The van der Waals surface area contributed by atoms with Gasteiger partial charge in [-0.3, -0.25) is 4.98 Å². The molecular formula is C12H15FN4. The maximum absolute atomic E-state index is 13.1. The first-order valence-corrected chi connectivity index (χ1v) is 5.48. The van der Waals surface area contributed by atoms with Gasteiger partial charge in [0, 0.05) is 12.1 Å². The molecule has 0 aliphatic carbocycles. The van der Waals surface area contributed by atoms with Crippen LogP contribution in [0.3, 0.4) is 0 Å². The monoisotopic (exact) mass is 234 g/mol. The highest BCUT2D eigenvalue weighted by atomic mass is 19.1. The normalized spacial score (nSPS) is 13.0. The quantitative estimate of drug-likeness (QED) is 0.884. The molecule has 2 heterocycles. The number of nitrogens with two attached hydrogens (primary N) is 1. The van der Waals surface area contributed by atoms with Crippen molar-refractivity contribution in [1.82, 2.24) is 14.5 Å². The molecule has 0 radical (unpaired) electrons. The topological polar surface area (TPSA) is 56.7 Å². The van der Waals surface area contributed by atoms with Gasteiger partial charge in [-0.15, -0.1) is 0 Å². The fourth-order valence-corrected chi connectivity index (χ4v) is 1.64. The molecule has 1 unspecified atom stereocenters. The highest BCUT2D eigenvalue weighted by molar-refractivity contribution is 5.31. The number of hydrogen-bond donors (Lipinski definition) is 1. The van der Waals surface area contributed by atoms with Gasteiger partial charge in [0.05, 0.1) is 36.3 Å². The summed E-state index contributed by atoms with van der Waals surface area (Å²) in [5.74, 6) is -0.0905. The minimum Gasteiger partial charge on any atom is -0.322 e. The van der Waals surface area contributed by atoms with Crippen LogP contribution in [0.1, 0.15) is 25.6 Å². The average Bonchev–Trinajstić information content (AvgIpc) is 2.76. The summed E-state index contributed by atoms with van der Waals surface area (Å²) in [7, 11) is 0. The lowest BCUT2D eigenvalue weighted by molar-refractivity contribution is 0.496. The first-order valence-electron chi connectivity index (χ1n) is 5.48. The van der Waals surface area contributed by atoms with E-state index in [-0.39, 0.29) is 17.8 Å². The smallest absolute Gasteiger partial charge is 0.143 e. The molecule has 2 aromatic rings. The Bertz CT molecular complexity index is 507. The van der Waals surface area contributed by atoms with Gasteiger partial charge in [-0.05, 0) is 5.92 Å². The first kappa shape index (κ1) is 11.7. The third kappa shape index (κ3) is 2.34. The zero-order valence-electron chi connectivity index (χ0n) is 9.84. The standard InChI is InChI=1S/C12H15FN4/c1-8(2)12(14)11-6-16-7-17(11)10-3-9(13)4-15-5-10/h3-8,12H,14H2,1-2H3. The molecule has 1 atom stereocenters. The van der Waals surface area contributed by atoms with Gasteiger partial charge in [-0.1, -0.05) is 13.8 Å². The second kappa shape index (κ2) is 4.63. The Labute approximate surface area is 99.3 Å². The molecule has 0 bridgehead atoms. The van der Waals surface area contributed by atoms with Gasteiger partial charge in [0.25, 0.3) is 0 Å². The summed E-state index contributed by atoms with van der Waals surface area (Å²) in [6.45, 7) is 4.07. The van der Waals surface area contributed by atoms with E-state index in [0.717, 1.165) is 5.69 Å². The molecule has 0 fully saturated rings. The maximum atomic E-state index is 13.1. The van der Waals surface area contributed by atoms with E-state index in [1.54, 1.807) is 23.3 Å². The molecule has 5 heteroatoms. The van der Waals surface area contributed by atoms with E-state index >= 15 is 0 Å². The van der Waals surface area contributed by atoms with Crippen LogP contribution in [0.5, 0.6) is 0 Å². The van der Waals surface area contributed by atoms with Crippen LogP contribution in [0, 0.1) is 11.7 Å². The zero-order chi connectivity index (χ0) is 12.4. The van der Waals surface area contributed by atoms with Crippen molar-refractivity contribution in [2.45, 2.75) is 19.9 Å². The fourth-order valence-electron chi connectivity index (χ4n) is 1.64. The van der Waals surface area contributed by atoms with E-state index in [1.807, 2.05) is 13.8 Å². The van der Waals surface area contributed by atoms with Gasteiger partial charge >= 0.3 is 0 Å². The third-order valence-corrected chi connectivity index (χ3v) is 2.70. The van der Waals surface area contributed by atoms with E-state index < -0.39 is 0 Å². The molecule has 2 rings (SSSR count). The molecule has 0 amide bonds. The molecule has 0 saturated carbocycles. The molecular weight excluding hydrogens is 219 g/mol. The Kier molecular flexibility index (Phi) is 3.19. The summed E-state index contributed by atoms with van der Waals surface area (Å²) in [4.78, 5) is 7.89. The predicted octanol–water partition coefficient (Wildman–Crippen LogP) is 2.06. The molecule has 0 aliphatic rings. The molecule has 0 saturated heterocycles. The minimum atomic E-state index is -0.375. The molecule has 2 N–H and O–H groups in total. The molecule has 2 aromatic heterocycles. The van der Waals surface area contributed by atoms with Crippen molar-refractivity contribution in [3.63, 3.8) is 0 Å². The molecule has 0 aromatic carbocycles. The fraction of sp³-hybridized carbons (Fsp3) is 0.333. The molecule has 0 aliphatic heterocycles. The maximum Gasteiger partial charge on any atom is 0.143 e. The number of halogens is 1. The average molecular weight is 234 g/mol. The van der Waals surface area contributed by atoms with Crippen molar-refractivity contribution in [3.8, 4) is 5.69 Å². The van der Waals surface area contributed by atoms with Gasteiger partial charge in [0.15, 0.2) is 0 Å². The Morgan fingerprint density at radius 1 is 1.24 bits per heavy atom. The molecule has 0 spiro atoms. The lowest BCUT2D eigenvalue weighted by atomic mass is 10.0. The van der Waals surface area contributed by atoms with Gasteiger partial charge in [-0.2, -0.15) is 0 Å². The van der Waals surface area contributed by atoms with Gasteiger partial charge < -0.3 is 10.3 Å². The minimum absolute atomic E-state index is 0.138. The van der Waals surface area contributed by atoms with Crippen molar-refractivity contribution in [2.75, 3.05) is 0 Å². The van der Waals surface area contributed by atoms with Crippen molar-refractivity contribution < 1.29 is 4.39 Å². The molecule has 90 valence electrons. The van der Waals surface area contributed by atoms with Crippen molar-refractivity contribution in [1.29, 1.82) is 0 Å². The van der Waals surface area contributed by atoms with E-state index in [2.05, 4.69) is 9.97 Å². The molecule has 17 heavy (non-hydrogen) atoms. The number of hydrogen-bond acceptors (Lipinski definition) is 3. The van der Waals surface area contributed by atoms with E-state index in [1.165, 1.54) is 12.3 Å². The van der Waals surface area contributed by atoms with E-state index in [0.29, 0.717) is 5.69 Å². The van der Waals surface area contributed by atoms with Crippen LogP contribution in [0.4, 0.5) is 4.39 Å². The van der Waals surface area contributed by atoms with Crippen molar-refractivity contribution in [3.05, 3.63) is 42.5 Å². The van der Waals surface area contributed by atoms with Gasteiger partial charge in [0.2, 0.25) is 0 Å². The molecule has 4 nitrogen and oxygen atoms in total. The number of nitrogens with zero attached hydrogens (tertiary/aromatic N) is 3. The number of pyridine rings is 1. The van der Waals surface area contributed by atoms with E-state index in [4.69, 9.17) is 5.73 Å². The third-order valence-electron chi connectivity index (χ3n) is 2.70. The van der Waals surface area contributed by atoms with Crippen LogP contribution in [-0.2, 0) is 0 Å². The highest BCUT2D eigenvalue weighted by Gasteiger charge is 2.16. The van der Waals surface area contributed by atoms with Crippen LogP contribution in [-0.4, -0.2) is 14.5 Å². The van der Waals surface area contributed by atoms with Crippen molar-refractivity contribution >= 4 is 0 Å². The lowest BCUT2D eigenvalue weighted by Crippen LogP contribution is -2.19. The SMILES string of the molecule is CC(C)C(N)c1cncn1-c1cncc(F)c1. The summed E-state index contributed by atoms with van der Waals surface area (Å²) < 4.78 is 14.9. The Hall–Kier alpha value is -1.75. The summed E-state index contributed by atoms with van der Waals surface area (Å²) in [5, 5.41) is 0. The van der Waals surface area contributed by atoms with Crippen molar-refractivity contribution in [2.24, 2.45) is 11.7 Å². The largest absolute Gasteiger partial charge is 0.322 e. The van der Waals surface area contributed by atoms with E-state index in [9.17, 15) is 4.39 Å². The van der Waals surface area contributed by atoms with Gasteiger partial charge in [-0.25, -0.2) is 9.37 Å².